The molecule has 2 unspecified atom stereocenters. The minimum absolute atomic E-state index is 0.00873. The first-order valence-corrected chi connectivity index (χ1v) is 6.00. The molecule has 2 N–H and O–H groups in total. The average molecular weight is 241 g/mol. The molecule has 94 valence electrons. The van der Waals surface area contributed by atoms with Crippen LogP contribution < -0.4 is 5.32 Å². The number of benzene rings is 1. The molecule has 1 aromatic carbocycles. The second-order valence-electron chi connectivity index (χ2n) is 4.58. The van der Waals surface area contributed by atoms with E-state index >= 15 is 0 Å². The minimum Gasteiger partial charge on any atom is -0.392 e. The number of nitrogens with one attached hydrogen (secondary N) is 1. The zero-order valence-corrected chi connectivity index (χ0v) is 9.63. The van der Waals surface area contributed by atoms with Gasteiger partial charge < -0.3 is 10.4 Å². The van der Waals surface area contributed by atoms with Crippen LogP contribution in [0.2, 0.25) is 0 Å². The molecule has 0 spiro atoms. The van der Waals surface area contributed by atoms with Crippen molar-refractivity contribution >= 4 is 0 Å². The monoisotopic (exact) mass is 241 g/mol. The number of halogens is 2. The molecule has 0 aromatic heterocycles. The fraction of sp³-hybridized carbons (Fsp3) is 0.538. The third kappa shape index (κ3) is 3.01. The smallest absolute Gasteiger partial charge is 0.129 e. The van der Waals surface area contributed by atoms with Gasteiger partial charge in [0.2, 0.25) is 0 Å². The predicted octanol–water partition coefficient (Wildman–Crippen LogP) is 1.87. The maximum absolute atomic E-state index is 13.4. The number of hydrogen-bond donors (Lipinski definition) is 2. The lowest BCUT2D eigenvalue weighted by atomic mass is 9.90. The van der Waals surface area contributed by atoms with Gasteiger partial charge >= 0.3 is 0 Å². The summed E-state index contributed by atoms with van der Waals surface area (Å²) < 4.78 is 26.8. The van der Waals surface area contributed by atoms with Crippen LogP contribution in [0.1, 0.15) is 18.4 Å². The Bertz CT molecular complexity index is 357. The highest BCUT2D eigenvalue weighted by Gasteiger charge is 2.23. The molecule has 1 aliphatic rings. The third-order valence-corrected chi connectivity index (χ3v) is 3.35. The Morgan fingerprint density at radius 3 is 2.65 bits per heavy atom. The molecule has 0 saturated carbocycles. The molecule has 17 heavy (non-hydrogen) atoms. The van der Waals surface area contributed by atoms with Gasteiger partial charge in [0.05, 0.1) is 6.10 Å². The Hall–Kier alpha value is -1.00. The number of rotatable bonds is 3. The fourth-order valence-corrected chi connectivity index (χ4v) is 2.31. The second kappa shape index (κ2) is 5.56. The van der Waals surface area contributed by atoms with Gasteiger partial charge in [-0.2, -0.15) is 0 Å². The lowest BCUT2D eigenvalue weighted by Crippen LogP contribution is -2.37. The third-order valence-electron chi connectivity index (χ3n) is 3.35. The Morgan fingerprint density at radius 2 is 2.06 bits per heavy atom. The van der Waals surface area contributed by atoms with Crippen LogP contribution in [-0.2, 0) is 6.42 Å². The van der Waals surface area contributed by atoms with Crippen molar-refractivity contribution in [2.24, 2.45) is 5.92 Å². The molecule has 1 fully saturated rings. The zero-order valence-electron chi connectivity index (χ0n) is 9.63. The molecule has 1 aromatic rings. The van der Waals surface area contributed by atoms with Crippen LogP contribution in [0.5, 0.6) is 0 Å². The SMILES string of the molecule is OC(Cc1c(F)cccc1F)C1CCCNC1. The predicted molar refractivity (Wildman–Crippen MR) is 61.7 cm³/mol. The van der Waals surface area contributed by atoms with Crippen molar-refractivity contribution in [3.8, 4) is 0 Å². The number of aliphatic hydroxyl groups excluding tert-OH is 1. The summed E-state index contributed by atoms with van der Waals surface area (Å²) in [6.45, 7) is 1.68. The summed E-state index contributed by atoms with van der Waals surface area (Å²) in [5, 5.41) is 13.2. The first-order chi connectivity index (χ1) is 8.18. The normalized spacial score (nSPS) is 22.4. The molecular weight excluding hydrogens is 224 g/mol. The van der Waals surface area contributed by atoms with Crippen LogP contribution in [0.25, 0.3) is 0 Å². The Morgan fingerprint density at radius 1 is 1.35 bits per heavy atom. The van der Waals surface area contributed by atoms with E-state index in [1.807, 2.05) is 0 Å². The minimum atomic E-state index is -0.686. The number of aliphatic hydroxyl groups is 1. The maximum Gasteiger partial charge on any atom is 0.129 e. The van der Waals surface area contributed by atoms with Crippen LogP contribution in [0.15, 0.2) is 18.2 Å². The molecule has 0 amide bonds. The summed E-state index contributed by atoms with van der Waals surface area (Å²) >= 11 is 0. The standard InChI is InChI=1S/C13H17F2NO/c14-11-4-1-5-12(15)10(11)7-13(17)9-3-2-6-16-8-9/h1,4-5,9,13,16-17H,2-3,6-8H2. The first kappa shape index (κ1) is 12.5. The van der Waals surface area contributed by atoms with Gasteiger partial charge in [-0.1, -0.05) is 6.07 Å². The van der Waals surface area contributed by atoms with Crippen LogP contribution in [-0.4, -0.2) is 24.3 Å². The largest absolute Gasteiger partial charge is 0.392 e. The van der Waals surface area contributed by atoms with Crippen molar-refractivity contribution in [3.63, 3.8) is 0 Å². The zero-order chi connectivity index (χ0) is 12.3. The van der Waals surface area contributed by atoms with E-state index < -0.39 is 17.7 Å². The molecule has 2 nitrogen and oxygen atoms in total. The average Bonchev–Trinajstić information content (AvgIpc) is 2.35. The molecule has 0 radical (unpaired) electrons. The van der Waals surface area contributed by atoms with Gasteiger partial charge in [-0.3, -0.25) is 0 Å². The van der Waals surface area contributed by atoms with E-state index in [2.05, 4.69) is 5.32 Å². The van der Waals surface area contributed by atoms with E-state index in [0.29, 0.717) is 0 Å². The molecule has 1 aliphatic heterocycles. The molecular formula is C13H17F2NO. The fourth-order valence-electron chi connectivity index (χ4n) is 2.31. The lowest BCUT2D eigenvalue weighted by molar-refractivity contribution is 0.0905. The topological polar surface area (TPSA) is 32.3 Å². The van der Waals surface area contributed by atoms with Crippen LogP contribution in [0.3, 0.4) is 0 Å². The van der Waals surface area contributed by atoms with Crippen LogP contribution in [0, 0.1) is 17.6 Å². The Balaban J connectivity index is 2.04. The van der Waals surface area contributed by atoms with Crippen molar-refractivity contribution in [1.82, 2.24) is 5.32 Å². The number of piperidine rings is 1. The summed E-state index contributed by atoms with van der Waals surface area (Å²) in [5.74, 6) is -1.07. The summed E-state index contributed by atoms with van der Waals surface area (Å²) in [4.78, 5) is 0. The highest BCUT2D eigenvalue weighted by atomic mass is 19.1. The Kier molecular flexibility index (Phi) is 4.07. The van der Waals surface area contributed by atoms with Gasteiger partial charge in [0, 0.05) is 18.5 Å². The molecule has 0 aliphatic carbocycles. The summed E-state index contributed by atoms with van der Waals surface area (Å²) in [6, 6.07) is 3.79. The highest BCUT2D eigenvalue weighted by molar-refractivity contribution is 5.20. The van der Waals surface area contributed by atoms with Gasteiger partial charge in [0.1, 0.15) is 11.6 Å². The van der Waals surface area contributed by atoms with Crippen LogP contribution >= 0.6 is 0 Å². The van der Waals surface area contributed by atoms with Gasteiger partial charge in [-0.25, -0.2) is 8.78 Å². The van der Waals surface area contributed by atoms with E-state index in [1.165, 1.54) is 18.2 Å². The van der Waals surface area contributed by atoms with Crippen molar-refractivity contribution in [1.29, 1.82) is 0 Å². The summed E-state index contributed by atoms with van der Waals surface area (Å²) in [6.07, 6.45) is 1.27. The van der Waals surface area contributed by atoms with E-state index in [9.17, 15) is 13.9 Å². The lowest BCUT2D eigenvalue weighted by Gasteiger charge is -2.27. The van der Waals surface area contributed by atoms with E-state index in [-0.39, 0.29) is 17.9 Å². The first-order valence-electron chi connectivity index (χ1n) is 6.00. The summed E-state index contributed by atoms with van der Waals surface area (Å²) in [7, 11) is 0. The molecule has 2 atom stereocenters. The van der Waals surface area contributed by atoms with Gasteiger partial charge in [-0.05, 0) is 37.4 Å². The van der Waals surface area contributed by atoms with Crippen molar-refractivity contribution in [2.45, 2.75) is 25.4 Å². The van der Waals surface area contributed by atoms with Crippen molar-refractivity contribution in [2.75, 3.05) is 13.1 Å². The molecule has 1 heterocycles. The van der Waals surface area contributed by atoms with Gasteiger partial charge in [0.25, 0.3) is 0 Å². The molecule has 2 rings (SSSR count). The summed E-state index contributed by atoms with van der Waals surface area (Å²) in [5.41, 5.74) is -0.00873. The van der Waals surface area contributed by atoms with Gasteiger partial charge in [-0.15, -0.1) is 0 Å². The second-order valence-corrected chi connectivity index (χ2v) is 4.58. The highest BCUT2D eigenvalue weighted by Crippen LogP contribution is 2.21. The molecule has 1 saturated heterocycles. The maximum atomic E-state index is 13.4. The molecule has 0 bridgehead atoms. The van der Waals surface area contributed by atoms with E-state index in [4.69, 9.17) is 0 Å². The quantitative estimate of drug-likeness (QED) is 0.846. The Labute approximate surface area is 99.7 Å². The van der Waals surface area contributed by atoms with Crippen LogP contribution in [0.4, 0.5) is 8.78 Å². The van der Waals surface area contributed by atoms with E-state index in [0.717, 1.165) is 25.9 Å². The van der Waals surface area contributed by atoms with Gasteiger partial charge in [0.15, 0.2) is 0 Å². The number of hydrogen-bond acceptors (Lipinski definition) is 2. The van der Waals surface area contributed by atoms with Crippen molar-refractivity contribution in [3.05, 3.63) is 35.4 Å². The van der Waals surface area contributed by atoms with Crippen molar-refractivity contribution < 1.29 is 13.9 Å². The van der Waals surface area contributed by atoms with E-state index in [1.54, 1.807) is 0 Å². The molecule has 4 heteroatoms.